The van der Waals surface area contributed by atoms with Gasteiger partial charge in [0.1, 0.15) is 5.75 Å². The molecule has 1 unspecified atom stereocenters. The van der Waals surface area contributed by atoms with E-state index in [4.69, 9.17) is 9.26 Å². The lowest BCUT2D eigenvalue weighted by atomic mass is 10.0. The lowest BCUT2D eigenvalue weighted by Gasteiger charge is -2.24. The second kappa shape index (κ2) is 10.2. The zero-order valence-electron chi connectivity index (χ0n) is 18.0. The van der Waals surface area contributed by atoms with Crippen molar-refractivity contribution in [3.63, 3.8) is 0 Å². The molecule has 4 rings (SSSR count). The molecule has 2 aromatic carbocycles. The first kappa shape index (κ1) is 21.1. The van der Waals surface area contributed by atoms with Gasteiger partial charge in [0, 0.05) is 31.0 Å². The highest BCUT2D eigenvalue weighted by Crippen LogP contribution is 2.24. The zero-order chi connectivity index (χ0) is 21.5. The number of rotatable bonds is 9. The van der Waals surface area contributed by atoms with Crippen LogP contribution in [0.25, 0.3) is 11.4 Å². The third kappa shape index (κ3) is 5.51. The monoisotopic (exact) mass is 419 g/mol. The first-order chi connectivity index (χ1) is 15.2. The van der Waals surface area contributed by atoms with E-state index >= 15 is 0 Å². The number of ether oxygens (including phenoxy) is 1. The minimum Gasteiger partial charge on any atom is -0.494 e. The standard InChI is InChI=1S/C25H29N3O3/c1-2-30-22-14-11-20(12-15-22)25-26-23(31-27-25)16-17-24(29)28-18-6-9-21(28)13-10-19-7-4-3-5-8-19/h3-5,7-8,11-12,14-15,21H,2,6,9-10,13,16-18H2,1H3. The van der Waals surface area contributed by atoms with Gasteiger partial charge in [0.25, 0.3) is 0 Å². The van der Waals surface area contributed by atoms with Gasteiger partial charge in [-0.2, -0.15) is 4.98 Å². The van der Waals surface area contributed by atoms with Crippen molar-refractivity contribution < 1.29 is 14.1 Å². The number of hydrogen-bond acceptors (Lipinski definition) is 5. The van der Waals surface area contributed by atoms with E-state index in [1.165, 1.54) is 5.56 Å². The molecule has 6 nitrogen and oxygen atoms in total. The lowest BCUT2D eigenvalue weighted by Crippen LogP contribution is -2.36. The molecule has 1 amide bonds. The van der Waals surface area contributed by atoms with Crippen LogP contribution >= 0.6 is 0 Å². The van der Waals surface area contributed by atoms with Gasteiger partial charge in [-0.25, -0.2) is 0 Å². The van der Waals surface area contributed by atoms with Crippen LogP contribution in [-0.2, 0) is 17.6 Å². The average molecular weight is 420 g/mol. The Hall–Kier alpha value is -3.15. The molecule has 1 atom stereocenters. The van der Waals surface area contributed by atoms with Crippen molar-refractivity contribution in [2.45, 2.75) is 51.5 Å². The molecule has 1 aliphatic rings. The molecular weight excluding hydrogens is 390 g/mol. The number of carbonyl (C=O) groups is 1. The molecule has 31 heavy (non-hydrogen) atoms. The SMILES string of the molecule is CCOc1ccc(-c2noc(CCC(=O)N3CCCC3CCc3ccccc3)n2)cc1. The van der Waals surface area contributed by atoms with E-state index in [1.807, 2.05) is 42.2 Å². The van der Waals surface area contributed by atoms with E-state index in [9.17, 15) is 4.79 Å². The number of likely N-dealkylation sites (tertiary alicyclic amines) is 1. The van der Waals surface area contributed by atoms with Gasteiger partial charge in [0.15, 0.2) is 0 Å². The van der Waals surface area contributed by atoms with Gasteiger partial charge >= 0.3 is 0 Å². The maximum atomic E-state index is 12.8. The van der Waals surface area contributed by atoms with Gasteiger partial charge < -0.3 is 14.2 Å². The van der Waals surface area contributed by atoms with E-state index in [0.717, 1.165) is 43.5 Å². The smallest absolute Gasteiger partial charge is 0.227 e. The van der Waals surface area contributed by atoms with Gasteiger partial charge in [-0.15, -0.1) is 0 Å². The molecule has 1 aliphatic heterocycles. The van der Waals surface area contributed by atoms with Crippen molar-refractivity contribution in [1.82, 2.24) is 15.0 Å². The van der Waals surface area contributed by atoms with Crippen LogP contribution in [0.2, 0.25) is 0 Å². The van der Waals surface area contributed by atoms with Crippen molar-refractivity contribution in [3.05, 3.63) is 66.1 Å². The number of carbonyl (C=O) groups excluding carboxylic acids is 1. The second-order valence-corrected chi connectivity index (χ2v) is 7.88. The Morgan fingerprint density at radius 1 is 1.13 bits per heavy atom. The van der Waals surface area contributed by atoms with Crippen molar-refractivity contribution in [3.8, 4) is 17.1 Å². The molecular formula is C25H29N3O3. The van der Waals surface area contributed by atoms with Gasteiger partial charge in [-0.05, 0) is 62.4 Å². The minimum atomic E-state index is 0.177. The van der Waals surface area contributed by atoms with Crippen LogP contribution in [-0.4, -0.2) is 40.1 Å². The van der Waals surface area contributed by atoms with E-state index < -0.39 is 0 Å². The molecule has 0 bridgehead atoms. The molecule has 0 N–H and O–H groups in total. The Balaban J connectivity index is 1.29. The van der Waals surface area contributed by atoms with E-state index in [1.54, 1.807) is 0 Å². The topological polar surface area (TPSA) is 68.5 Å². The van der Waals surface area contributed by atoms with Crippen molar-refractivity contribution in [2.75, 3.05) is 13.2 Å². The molecule has 0 aliphatic carbocycles. The predicted octanol–water partition coefficient (Wildman–Crippen LogP) is 4.69. The molecule has 2 heterocycles. The van der Waals surface area contributed by atoms with E-state index in [-0.39, 0.29) is 5.91 Å². The van der Waals surface area contributed by atoms with Gasteiger partial charge in [0.2, 0.25) is 17.6 Å². The van der Waals surface area contributed by atoms with Crippen LogP contribution in [0, 0.1) is 0 Å². The summed E-state index contributed by atoms with van der Waals surface area (Å²) in [6.07, 6.45) is 5.04. The summed E-state index contributed by atoms with van der Waals surface area (Å²) in [5.41, 5.74) is 2.19. The van der Waals surface area contributed by atoms with Gasteiger partial charge in [-0.1, -0.05) is 35.5 Å². The molecule has 3 aromatic rings. The number of aromatic nitrogens is 2. The van der Waals surface area contributed by atoms with Crippen LogP contribution in [0.4, 0.5) is 0 Å². The van der Waals surface area contributed by atoms with Crippen molar-refractivity contribution in [2.24, 2.45) is 0 Å². The average Bonchev–Trinajstić information content (AvgIpc) is 3.47. The summed E-state index contributed by atoms with van der Waals surface area (Å²) in [6.45, 7) is 3.43. The third-order valence-corrected chi connectivity index (χ3v) is 5.75. The Kier molecular flexibility index (Phi) is 6.97. The predicted molar refractivity (Wildman–Crippen MR) is 119 cm³/mol. The van der Waals surface area contributed by atoms with Gasteiger partial charge in [0.05, 0.1) is 6.61 Å². The zero-order valence-corrected chi connectivity index (χ0v) is 18.0. The largest absolute Gasteiger partial charge is 0.494 e. The van der Waals surface area contributed by atoms with E-state index in [0.29, 0.717) is 37.2 Å². The van der Waals surface area contributed by atoms with Crippen LogP contribution in [0.15, 0.2) is 59.1 Å². The highest BCUT2D eigenvalue weighted by atomic mass is 16.5. The Morgan fingerprint density at radius 3 is 2.71 bits per heavy atom. The van der Waals surface area contributed by atoms with Crippen LogP contribution in [0.5, 0.6) is 5.75 Å². The summed E-state index contributed by atoms with van der Waals surface area (Å²) in [6, 6.07) is 18.4. The highest BCUT2D eigenvalue weighted by molar-refractivity contribution is 5.77. The number of aryl methyl sites for hydroxylation is 2. The quantitative estimate of drug-likeness (QED) is 0.503. The van der Waals surface area contributed by atoms with Crippen LogP contribution in [0.3, 0.4) is 0 Å². The number of hydrogen-bond donors (Lipinski definition) is 0. The molecule has 162 valence electrons. The fourth-order valence-corrected chi connectivity index (χ4v) is 4.14. The number of nitrogens with zero attached hydrogens (tertiary/aromatic N) is 3. The Morgan fingerprint density at radius 2 is 1.94 bits per heavy atom. The van der Waals surface area contributed by atoms with Crippen molar-refractivity contribution in [1.29, 1.82) is 0 Å². The summed E-state index contributed by atoms with van der Waals surface area (Å²) >= 11 is 0. The molecule has 0 saturated carbocycles. The molecule has 0 spiro atoms. The fourth-order valence-electron chi connectivity index (χ4n) is 4.14. The minimum absolute atomic E-state index is 0.177. The number of amides is 1. The molecule has 1 saturated heterocycles. The molecule has 1 fully saturated rings. The second-order valence-electron chi connectivity index (χ2n) is 7.88. The third-order valence-electron chi connectivity index (χ3n) is 5.75. The summed E-state index contributed by atoms with van der Waals surface area (Å²) in [7, 11) is 0. The summed E-state index contributed by atoms with van der Waals surface area (Å²) in [5.74, 6) is 2.02. The maximum absolute atomic E-state index is 12.8. The number of benzene rings is 2. The molecule has 0 radical (unpaired) electrons. The fraction of sp³-hybridized carbons (Fsp3) is 0.400. The first-order valence-electron chi connectivity index (χ1n) is 11.1. The first-order valence-corrected chi connectivity index (χ1v) is 11.1. The Bertz CT molecular complexity index is 969. The summed E-state index contributed by atoms with van der Waals surface area (Å²) < 4.78 is 10.8. The molecule has 6 heteroatoms. The van der Waals surface area contributed by atoms with E-state index in [2.05, 4.69) is 34.4 Å². The maximum Gasteiger partial charge on any atom is 0.227 e. The highest BCUT2D eigenvalue weighted by Gasteiger charge is 2.28. The normalized spacial score (nSPS) is 15.9. The Labute approximate surface area is 183 Å². The summed E-state index contributed by atoms with van der Waals surface area (Å²) in [5, 5.41) is 4.06. The van der Waals surface area contributed by atoms with Crippen molar-refractivity contribution >= 4 is 5.91 Å². The van der Waals surface area contributed by atoms with Crippen LogP contribution in [0.1, 0.15) is 44.1 Å². The molecule has 1 aromatic heterocycles. The van der Waals surface area contributed by atoms with Crippen LogP contribution < -0.4 is 4.74 Å². The lowest BCUT2D eigenvalue weighted by molar-refractivity contribution is -0.132. The van der Waals surface area contributed by atoms with Gasteiger partial charge in [-0.3, -0.25) is 4.79 Å². The summed E-state index contributed by atoms with van der Waals surface area (Å²) in [4.78, 5) is 19.3.